The Morgan fingerprint density at radius 3 is 2.57 bits per heavy atom. The zero-order valence-corrected chi connectivity index (χ0v) is 12.6. The number of carbonyl (C=O) groups excluding carboxylic acids is 1. The molecule has 1 aliphatic heterocycles. The van der Waals surface area contributed by atoms with E-state index in [4.69, 9.17) is 22.4 Å². The normalized spacial score (nSPS) is 16.9. The van der Waals surface area contributed by atoms with Crippen molar-refractivity contribution in [3.05, 3.63) is 23.2 Å². The third-order valence-electron chi connectivity index (χ3n) is 3.53. The molecule has 1 fully saturated rings. The Kier molecular flexibility index (Phi) is 5.81. The molecule has 6 nitrogen and oxygen atoms in total. The second kappa shape index (κ2) is 7.61. The number of carbonyl (C=O) groups is 1. The second-order valence-corrected chi connectivity index (χ2v) is 5.53. The summed E-state index contributed by atoms with van der Waals surface area (Å²) in [6.07, 6.45) is 0. The smallest absolute Gasteiger partial charge is 0.238 e. The Morgan fingerprint density at radius 1 is 1.29 bits per heavy atom. The number of anilines is 2. The van der Waals surface area contributed by atoms with Crippen molar-refractivity contribution in [1.29, 1.82) is 0 Å². The molecule has 1 saturated heterocycles. The molecular formula is C14H21ClN4O2. The first-order valence-electron chi connectivity index (χ1n) is 6.99. The SMILES string of the molecule is Nc1cc(NC(=O)CN2CCN(CCO)CC2)ccc1Cl. The van der Waals surface area contributed by atoms with E-state index < -0.39 is 0 Å². The standard InChI is InChI=1S/C14H21ClN4O2/c15-12-2-1-11(9-13(12)16)17-14(21)10-19-5-3-18(4-6-19)7-8-20/h1-2,9,20H,3-8,10,16H2,(H,17,21). The highest BCUT2D eigenvalue weighted by Gasteiger charge is 2.18. The van der Waals surface area contributed by atoms with Gasteiger partial charge in [0.1, 0.15) is 0 Å². The Morgan fingerprint density at radius 2 is 1.95 bits per heavy atom. The minimum atomic E-state index is -0.0627. The van der Waals surface area contributed by atoms with E-state index >= 15 is 0 Å². The van der Waals surface area contributed by atoms with Crippen LogP contribution in [-0.2, 0) is 4.79 Å². The van der Waals surface area contributed by atoms with Crippen molar-refractivity contribution in [2.75, 3.05) is 56.9 Å². The van der Waals surface area contributed by atoms with Crippen LogP contribution in [-0.4, -0.2) is 66.7 Å². The number of hydrogen-bond donors (Lipinski definition) is 3. The highest BCUT2D eigenvalue weighted by Crippen LogP contribution is 2.22. The lowest BCUT2D eigenvalue weighted by Gasteiger charge is -2.33. The number of rotatable bonds is 5. The van der Waals surface area contributed by atoms with Gasteiger partial charge in [-0.25, -0.2) is 0 Å². The molecule has 0 aliphatic carbocycles. The zero-order chi connectivity index (χ0) is 15.2. The lowest BCUT2D eigenvalue weighted by atomic mass is 10.2. The summed E-state index contributed by atoms with van der Waals surface area (Å²) in [7, 11) is 0. The lowest BCUT2D eigenvalue weighted by molar-refractivity contribution is -0.117. The van der Waals surface area contributed by atoms with Crippen molar-refractivity contribution >= 4 is 28.9 Å². The fraction of sp³-hybridized carbons (Fsp3) is 0.500. The molecule has 0 aromatic heterocycles. The number of β-amino-alcohol motifs (C(OH)–C–C–N with tert-alkyl or cyclic N) is 1. The fourth-order valence-corrected chi connectivity index (χ4v) is 2.46. The topological polar surface area (TPSA) is 81.8 Å². The molecule has 116 valence electrons. The van der Waals surface area contributed by atoms with Crippen molar-refractivity contribution in [3.63, 3.8) is 0 Å². The molecule has 0 spiro atoms. The minimum Gasteiger partial charge on any atom is -0.397 e. The maximum atomic E-state index is 12.0. The van der Waals surface area contributed by atoms with Gasteiger partial charge in [-0.1, -0.05) is 11.6 Å². The molecule has 1 aliphatic rings. The van der Waals surface area contributed by atoms with Gasteiger partial charge in [-0.2, -0.15) is 0 Å². The highest BCUT2D eigenvalue weighted by molar-refractivity contribution is 6.33. The second-order valence-electron chi connectivity index (χ2n) is 5.13. The number of nitrogens with two attached hydrogens (primary N) is 1. The molecule has 1 aromatic carbocycles. The molecule has 0 unspecified atom stereocenters. The lowest BCUT2D eigenvalue weighted by Crippen LogP contribution is -2.49. The van der Waals surface area contributed by atoms with Crippen LogP contribution in [0.3, 0.4) is 0 Å². The Bertz CT molecular complexity index is 490. The van der Waals surface area contributed by atoms with Crippen molar-refractivity contribution in [3.8, 4) is 0 Å². The van der Waals surface area contributed by atoms with E-state index in [1.54, 1.807) is 18.2 Å². The van der Waals surface area contributed by atoms with Gasteiger partial charge in [0.05, 0.1) is 23.9 Å². The van der Waals surface area contributed by atoms with E-state index in [1.807, 2.05) is 0 Å². The van der Waals surface area contributed by atoms with Crippen LogP contribution in [0, 0.1) is 0 Å². The molecule has 1 heterocycles. The highest BCUT2D eigenvalue weighted by atomic mass is 35.5. The Hall–Kier alpha value is -1.34. The molecule has 1 aromatic rings. The summed E-state index contributed by atoms with van der Waals surface area (Å²) >= 11 is 5.84. The molecule has 7 heteroatoms. The number of benzene rings is 1. The van der Waals surface area contributed by atoms with Crippen LogP contribution < -0.4 is 11.1 Å². The number of aliphatic hydroxyl groups excluding tert-OH is 1. The van der Waals surface area contributed by atoms with Crippen molar-refractivity contribution in [2.45, 2.75) is 0 Å². The zero-order valence-electron chi connectivity index (χ0n) is 11.9. The van der Waals surface area contributed by atoms with Crippen molar-refractivity contribution < 1.29 is 9.90 Å². The molecule has 21 heavy (non-hydrogen) atoms. The molecule has 0 radical (unpaired) electrons. The van der Waals surface area contributed by atoms with Gasteiger partial charge in [0, 0.05) is 38.4 Å². The van der Waals surface area contributed by atoms with Gasteiger partial charge in [0.2, 0.25) is 5.91 Å². The first-order valence-corrected chi connectivity index (χ1v) is 7.36. The molecule has 4 N–H and O–H groups in total. The van der Waals surface area contributed by atoms with E-state index in [2.05, 4.69) is 15.1 Å². The maximum Gasteiger partial charge on any atom is 0.238 e. The maximum absolute atomic E-state index is 12.0. The monoisotopic (exact) mass is 312 g/mol. The third-order valence-corrected chi connectivity index (χ3v) is 3.87. The van der Waals surface area contributed by atoms with Gasteiger partial charge in [0.25, 0.3) is 0 Å². The van der Waals surface area contributed by atoms with E-state index in [-0.39, 0.29) is 12.5 Å². The molecule has 2 rings (SSSR count). The average molecular weight is 313 g/mol. The van der Waals surface area contributed by atoms with E-state index in [0.717, 1.165) is 26.2 Å². The first-order chi connectivity index (χ1) is 10.1. The van der Waals surface area contributed by atoms with Gasteiger partial charge in [-0.3, -0.25) is 14.6 Å². The Balaban J connectivity index is 1.78. The van der Waals surface area contributed by atoms with Crippen LogP contribution in [0.5, 0.6) is 0 Å². The number of piperazine rings is 1. The quantitative estimate of drug-likeness (QED) is 0.689. The average Bonchev–Trinajstić information content (AvgIpc) is 2.45. The number of amides is 1. The number of hydrogen-bond acceptors (Lipinski definition) is 5. The summed E-state index contributed by atoms with van der Waals surface area (Å²) in [6.45, 7) is 4.65. The van der Waals surface area contributed by atoms with E-state index in [0.29, 0.717) is 29.5 Å². The summed E-state index contributed by atoms with van der Waals surface area (Å²) in [5.74, 6) is -0.0627. The number of nitrogens with one attached hydrogen (secondary N) is 1. The molecule has 0 saturated carbocycles. The van der Waals surface area contributed by atoms with Gasteiger partial charge in [-0.05, 0) is 18.2 Å². The molecule has 0 bridgehead atoms. The molecule has 0 atom stereocenters. The summed E-state index contributed by atoms with van der Waals surface area (Å²) in [6, 6.07) is 5.05. The van der Waals surface area contributed by atoms with Crippen LogP contribution in [0.15, 0.2) is 18.2 Å². The molecule has 1 amide bonds. The summed E-state index contributed by atoms with van der Waals surface area (Å²) in [5.41, 5.74) is 6.81. The van der Waals surface area contributed by atoms with E-state index in [9.17, 15) is 4.79 Å². The predicted octanol–water partition coefficient (Wildman–Crippen LogP) is 0.471. The van der Waals surface area contributed by atoms with Gasteiger partial charge < -0.3 is 16.2 Å². The summed E-state index contributed by atoms with van der Waals surface area (Å²) in [5, 5.41) is 12.2. The number of nitrogens with zero attached hydrogens (tertiary/aromatic N) is 2. The summed E-state index contributed by atoms with van der Waals surface area (Å²) in [4.78, 5) is 16.3. The van der Waals surface area contributed by atoms with Crippen LogP contribution in [0.1, 0.15) is 0 Å². The number of halogens is 1. The predicted molar refractivity (Wildman–Crippen MR) is 84.5 cm³/mol. The fourth-order valence-electron chi connectivity index (χ4n) is 2.34. The van der Waals surface area contributed by atoms with Crippen LogP contribution in [0.2, 0.25) is 5.02 Å². The number of aliphatic hydroxyl groups is 1. The third kappa shape index (κ3) is 4.86. The van der Waals surface area contributed by atoms with Gasteiger partial charge in [-0.15, -0.1) is 0 Å². The Labute approximate surface area is 129 Å². The van der Waals surface area contributed by atoms with E-state index in [1.165, 1.54) is 0 Å². The van der Waals surface area contributed by atoms with Crippen molar-refractivity contribution in [2.24, 2.45) is 0 Å². The minimum absolute atomic E-state index is 0.0627. The van der Waals surface area contributed by atoms with Crippen molar-refractivity contribution in [1.82, 2.24) is 9.80 Å². The first kappa shape index (κ1) is 16.0. The van der Waals surface area contributed by atoms with Gasteiger partial charge >= 0.3 is 0 Å². The van der Waals surface area contributed by atoms with Crippen LogP contribution >= 0.6 is 11.6 Å². The van der Waals surface area contributed by atoms with Crippen LogP contribution in [0.25, 0.3) is 0 Å². The summed E-state index contributed by atoms with van der Waals surface area (Å²) < 4.78 is 0. The number of nitrogen functional groups attached to an aromatic ring is 1. The molecular weight excluding hydrogens is 292 g/mol. The van der Waals surface area contributed by atoms with Crippen LogP contribution in [0.4, 0.5) is 11.4 Å². The largest absolute Gasteiger partial charge is 0.397 e. The van der Waals surface area contributed by atoms with Gasteiger partial charge in [0.15, 0.2) is 0 Å².